The van der Waals surface area contributed by atoms with Crippen LogP contribution in [0.5, 0.6) is 0 Å². The first-order chi connectivity index (χ1) is 12.4. The molecular formula is C20H22BrClN2O2. The summed E-state index contributed by atoms with van der Waals surface area (Å²) in [6.07, 6.45) is 0.153. The lowest BCUT2D eigenvalue weighted by molar-refractivity contribution is -0.140. The maximum Gasteiger partial charge on any atom is 0.242 e. The lowest BCUT2D eigenvalue weighted by Crippen LogP contribution is -2.48. The van der Waals surface area contributed by atoms with E-state index in [0.29, 0.717) is 18.1 Å². The van der Waals surface area contributed by atoms with E-state index in [0.717, 1.165) is 15.6 Å². The average molecular weight is 438 g/mol. The Labute approximate surface area is 167 Å². The Bertz CT molecular complexity index is 765. The highest BCUT2D eigenvalue weighted by molar-refractivity contribution is 9.10. The number of benzene rings is 2. The normalized spacial score (nSPS) is 11.7. The molecule has 0 aromatic heterocycles. The Balaban J connectivity index is 2.23. The molecule has 0 aliphatic heterocycles. The molecule has 0 aliphatic rings. The van der Waals surface area contributed by atoms with Gasteiger partial charge in [0, 0.05) is 22.6 Å². The molecular weight excluding hydrogens is 416 g/mol. The van der Waals surface area contributed by atoms with Gasteiger partial charge in [-0.15, -0.1) is 0 Å². The zero-order valence-electron chi connectivity index (χ0n) is 14.8. The van der Waals surface area contributed by atoms with Gasteiger partial charge in [-0.3, -0.25) is 9.59 Å². The van der Waals surface area contributed by atoms with E-state index in [9.17, 15) is 9.59 Å². The van der Waals surface area contributed by atoms with Crippen LogP contribution >= 0.6 is 27.5 Å². The summed E-state index contributed by atoms with van der Waals surface area (Å²) in [5, 5.41) is 3.34. The van der Waals surface area contributed by atoms with Crippen LogP contribution in [0.1, 0.15) is 25.0 Å². The highest BCUT2D eigenvalue weighted by Gasteiger charge is 2.26. The van der Waals surface area contributed by atoms with Crippen LogP contribution in [0.4, 0.5) is 0 Å². The smallest absolute Gasteiger partial charge is 0.242 e. The number of carbonyl (C=O) groups excluding carboxylic acids is 2. The number of amides is 2. The predicted octanol–water partition coefficient (Wildman–Crippen LogP) is 4.20. The Morgan fingerprint density at radius 3 is 2.42 bits per heavy atom. The Hall–Kier alpha value is -1.85. The van der Waals surface area contributed by atoms with Crippen LogP contribution in [0.3, 0.4) is 0 Å². The van der Waals surface area contributed by atoms with Gasteiger partial charge in [-0.2, -0.15) is 0 Å². The fraction of sp³-hybridized carbons (Fsp3) is 0.300. The number of hydrogen-bond donors (Lipinski definition) is 1. The predicted molar refractivity (Wildman–Crippen MR) is 108 cm³/mol. The van der Waals surface area contributed by atoms with Gasteiger partial charge in [-0.05, 0) is 43.2 Å². The molecule has 0 heterocycles. The second-order valence-electron chi connectivity index (χ2n) is 5.99. The lowest BCUT2D eigenvalue weighted by Gasteiger charge is -2.29. The van der Waals surface area contributed by atoms with Gasteiger partial charge in [0.1, 0.15) is 6.04 Å². The summed E-state index contributed by atoms with van der Waals surface area (Å²) >= 11 is 9.59. The number of carbonyl (C=O) groups is 2. The second-order valence-corrected chi connectivity index (χ2v) is 7.31. The molecule has 2 aromatic rings. The fourth-order valence-electron chi connectivity index (χ4n) is 2.60. The largest absolute Gasteiger partial charge is 0.355 e. The van der Waals surface area contributed by atoms with Gasteiger partial charge in [-0.25, -0.2) is 0 Å². The van der Waals surface area contributed by atoms with Crippen molar-refractivity contribution in [2.45, 2.75) is 32.9 Å². The van der Waals surface area contributed by atoms with Crippen LogP contribution in [0, 0.1) is 0 Å². The minimum atomic E-state index is -0.575. The first-order valence-corrected chi connectivity index (χ1v) is 9.64. The van der Waals surface area contributed by atoms with E-state index in [1.165, 1.54) is 0 Å². The minimum Gasteiger partial charge on any atom is -0.355 e. The molecule has 6 heteroatoms. The van der Waals surface area contributed by atoms with Crippen molar-refractivity contribution in [3.63, 3.8) is 0 Å². The molecule has 1 atom stereocenters. The summed E-state index contributed by atoms with van der Waals surface area (Å²) in [5.41, 5.74) is 1.71. The molecule has 2 amide bonds. The van der Waals surface area contributed by atoms with Crippen molar-refractivity contribution >= 4 is 39.3 Å². The highest BCUT2D eigenvalue weighted by Crippen LogP contribution is 2.19. The quantitative estimate of drug-likeness (QED) is 0.706. The van der Waals surface area contributed by atoms with Gasteiger partial charge in [0.2, 0.25) is 11.8 Å². The van der Waals surface area contributed by atoms with Crippen LogP contribution in [0.15, 0.2) is 53.0 Å². The summed E-state index contributed by atoms with van der Waals surface area (Å²) in [4.78, 5) is 26.9. The average Bonchev–Trinajstić information content (AvgIpc) is 2.62. The molecule has 138 valence electrons. The van der Waals surface area contributed by atoms with Crippen LogP contribution in [-0.4, -0.2) is 29.3 Å². The van der Waals surface area contributed by atoms with Gasteiger partial charge in [-0.1, -0.05) is 57.9 Å². The molecule has 0 spiro atoms. The van der Waals surface area contributed by atoms with Crippen LogP contribution in [-0.2, 0) is 22.6 Å². The zero-order valence-corrected chi connectivity index (χ0v) is 17.2. The van der Waals surface area contributed by atoms with Crippen LogP contribution in [0.25, 0.3) is 0 Å². The molecule has 0 fully saturated rings. The van der Waals surface area contributed by atoms with E-state index < -0.39 is 6.04 Å². The molecule has 0 radical (unpaired) electrons. The van der Waals surface area contributed by atoms with Crippen LogP contribution in [0.2, 0.25) is 5.02 Å². The first-order valence-electron chi connectivity index (χ1n) is 8.47. The van der Waals surface area contributed by atoms with Crippen molar-refractivity contribution in [2.24, 2.45) is 0 Å². The Morgan fingerprint density at radius 2 is 1.81 bits per heavy atom. The van der Waals surface area contributed by atoms with Gasteiger partial charge in [0.05, 0.1) is 6.42 Å². The molecule has 0 aliphatic carbocycles. The lowest BCUT2D eigenvalue weighted by atomic mass is 10.1. The third-order valence-electron chi connectivity index (χ3n) is 4.08. The van der Waals surface area contributed by atoms with Crippen LogP contribution < -0.4 is 5.32 Å². The molecule has 0 saturated heterocycles. The molecule has 1 unspecified atom stereocenters. The topological polar surface area (TPSA) is 49.4 Å². The molecule has 2 rings (SSSR count). The van der Waals surface area contributed by atoms with Gasteiger partial charge >= 0.3 is 0 Å². The molecule has 0 bridgehead atoms. The van der Waals surface area contributed by atoms with Crippen molar-refractivity contribution in [3.05, 3.63) is 69.2 Å². The van der Waals surface area contributed by atoms with Crippen molar-refractivity contribution < 1.29 is 9.59 Å². The maximum atomic E-state index is 13.0. The van der Waals surface area contributed by atoms with E-state index >= 15 is 0 Å². The van der Waals surface area contributed by atoms with E-state index in [4.69, 9.17) is 11.6 Å². The van der Waals surface area contributed by atoms with E-state index in [-0.39, 0.29) is 18.2 Å². The van der Waals surface area contributed by atoms with Crippen molar-refractivity contribution in [1.29, 1.82) is 0 Å². The van der Waals surface area contributed by atoms with E-state index in [1.54, 1.807) is 17.9 Å². The number of halogens is 2. The van der Waals surface area contributed by atoms with E-state index in [2.05, 4.69) is 21.2 Å². The second kappa shape index (κ2) is 9.74. The molecule has 1 N–H and O–H groups in total. The fourth-order valence-corrected chi connectivity index (χ4v) is 3.06. The third-order valence-corrected chi connectivity index (χ3v) is 4.98. The number of hydrogen-bond acceptors (Lipinski definition) is 2. The monoisotopic (exact) mass is 436 g/mol. The standard InChI is InChI=1S/C20H22BrClN2O2/c1-3-23-20(26)14(2)24(13-15-8-10-17(21)11-9-15)19(25)12-16-6-4-5-7-18(16)22/h4-11,14H,3,12-13H2,1-2H3,(H,23,26). The van der Waals surface area contributed by atoms with Crippen molar-refractivity contribution in [1.82, 2.24) is 10.2 Å². The summed E-state index contributed by atoms with van der Waals surface area (Å²) in [5.74, 6) is -0.308. The molecule has 0 saturated carbocycles. The minimum absolute atomic E-state index is 0.139. The number of nitrogens with zero attached hydrogens (tertiary/aromatic N) is 1. The van der Waals surface area contributed by atoms with Gasteiger partial charge in [0.25, 0.3) is 0 Å². The third kappa shape index (κ3) is 5.58. The molecule has 2 aromatic carbocycles. The summed E-state index contributed by atoms with van der Waals surface area (Å²) < 4.78 is 0.965. The summed E-state index contributed by atoms with van der Waals surface area (Å²) in [6.45, 7) is 4.48. The number of likely N-dealkylation sites (N-methyl/N-ethyl adjacent to an activating group) is 1. The maximum absolute atomic E-state index is 13.0. The number of nitrogens with one attached hydrogen (secondary N) is 1. The van der Waals surface area contributed by atoms with Crippen molar-refractivity contribution in [2.75, 3.05) is 6.54 Å². The highest BCUT2D eigenvalue weighted by atomic mass is 79.9. The molecule has 4 nitrogen and oxygen atoms in total. The van der Waals surface area contributed by atoms with Crippen molar-refractivity contribution in [3.8, 4) is 0 Å². The van der Waals surface area contributed by atoms with E-state index in [1.807, 2.05) is 49.4 Å². The Kier molecular flexibility index (Phi) is 7.66. The van der Waals surface area contributed by atoms with Gasteiger partial charge < -0.3 is 10.2 Å². The molecule has 26 heavy (non-hydrogen) atoms. The SMILES string of the molecule is CCNC(=O)C(C)N(Cc1ccc(Br)cc1)C(=O)Cc1ccccc1Cl. The first kappa shape index (κ1) is 20.5. The summed E-state index contributed by atoms with van der Waals surface area (Å²) in [6, 6.07) is 14.4. The Morgan fingerprint density at radius 1 is 1.15 bits per heavy atom. The zero-order chi connectivity index (χ0) is 19.1. The number of rotatable bonds is 7. The summed E-state index contributed by atoms with van der Waals surface area (Å²) in [7, 11) is 0. The van der Waals surface area contributed by atoms with Gasteiger partial charge in [0.15, 0.2) is 0 Å².